The number of oxime groups is 1. The number of hydrogen-bond acceptors (Lipinski definition) is 6. The largest absolute Gasteiger partial charge is 0.507 e. The summed E-state index contributed by atoms with van der Waals surface area (Å²) in [4.78, 5) is 26.8. The summed E-state index contributed by atoms with van der Waals surface area (Å²) in [6.07, 6.45) is 1.72. The van der Waals surface area contributed by atoms with Crippen LogP contribution in [0.1, 0.15) is 32.3 Å². The van der Waals surface area contributed by atoms with Gasteiger partial charge in [-0.25, -0.2) is 4.79 Å². The molecule has 0 aromatic heterocycles. The van der Waals surface area contributed by atoms with E-state index in [1.807, 2.05) is 0 Å². The molecule has 106 valence electrons. The van der Waals surface area contributed by atoms with Gasteiger partial charge >= 0.3 is 11.9 Å². The van der Waals surface area contributed by atoms with E-state index in [2.05, 4.69) is 9.99 Å². The molecule has 0 bridgehead atoms. The van der Waals surface area contributed by atoms with Crippen LogP contribution >= 0.6 is 0 Å². The van der Waals surface area contributed by atoms with Crippen LogP contribution in [0.15, 0.2) is 23.4 Å². The Hall–Kier alpha value is -2.37. The van der Waals surface area contributed by atoms with Crippen molar-refractivity contribution >= 4 is 17.7 Å². The quantitative estimate of drug-likeness (QED) is 0.299. The van der Waals surface area contributed by atoms with E-state index in [9.17, 15) is 14.7 Å². The van der Waals surface area contributed by atoms with Crippen LogP contribution in [-0.4, -0.2) is 22.8 Å². The van der Waals surface area contributed by atoms with Crippen molar-refractivity contribution in [1.82, 2.24) is 0 Å². The number of rotatable bonds is 4. The van der Waals surface area contributed by atoms with Gasteiger partial charge < -0.3 is 14.7 Å². The van der Waals surface area contributed by atoms with Gasteiger partial charge in [0.2, 0.25) is 0 Å². The summed E-state index contributed by atoms with van der Waals surface area (Å²) < 4.78 is 5.20. The molecule has 6 heteroatoms. The first-order chi connectivity index (χ1) is 9.47. The number of esters is 1. The first kappa shape index (κ1) is 14.0. The predicted molar refractivity (Wildman–Crippen MR) is 70.4 cm³/mol. The van der Waals surface area contributed by atoms with E-state index in [1.165, 1.54) is 25.1 Å². The van der Waals surface area contributed by atoms with Gasteiger partial charge in [-0.15, -0.1) is 0 Å². The van der Waals surface area contributed by atoms with Gasteiger partial charge in [0, 0.05) is 12.5 Å². The van der Waals surface area contributed by atoms with Gasteiger partial charge in [0.1, 0.15) is 11.5 Å². The third kappa shape index (κ3) is 3.57. The van der Waals surface area contributed by atoms with Crippen LogP contribution in [0.4, 0.5) is 0 Å². The highest BCUT2D eigenvalue weighted by Crippen LogP contribution is 2.31. The molecule has 1 aromatic rings. The fourth-order valence-electron chi connectivity index (χ4n) is 1.57. The number of aromatic hydroxyl groups is 1. The summed E-state index contributed by atoms with van der Waals surface area (Å²) in [5.41, 5.74) is 0.648. The van der Waals surface area contributed by atoms with Crippen LogP contribution in [0.5, 0.6) is 11.5 Å². The number of carbonyl (C=O) groups is 2. The molecule has 1 fully saturated rings. The van der Waals surface area contributed by atoms with E-state index in [0.717, 1.165) is 12.8 Å². The van der Waals surface area contributed by atoms with Crippen molar-refractivity contribution in [3.63, 3.8) is 0 Å². The van der Waals surface area contributed by atoms with E-state index in [4.69, 9.17) is 4.74 Å². The van der Waals surface area contributed by atoms with Crippen LogP contribution in [-0.2, 0) is 14.4 Å². The molecule has 0 unspecified atom stereocenters. The lowest BCUT2D eigenvalue weighted by molar-refractivity contribution is -0.141. The van der Waals surface area contributed by atoms with E-state index >= 15 is 0 Å². The Morgan fingerprint density at radius 2 is 2.00 bits per heavy atom. The number of hydrogen-bond donors (Lipinski definition) is 1. The normalized spacial score (nSPS) is 14.8. The lowest BCUT2D eigenvalue weighted by atomic mass is 10.1. The van der Waals surface area contributed by atoms with Crippen LogP contribution < -0.4 is 4.74 Å². The van der Waals surface area contributed by atoms with Gasteiger partial charge in [-0.2, -0.15) is 0 Å². The minimum absolute atomic E-state index is 0.0111. The fraction of sp³-hybridized carbons (Fsp3) is 0.357. The molecule has 2 rings (SSSR count). The van der Waals surface area contributed by atoms with Crippen molar-refractivity contribution in [2.75, 3.05) is 0 Å². The number of nitrogens with zero attached hydrogens (tertiary/aromatic N) is 1. The summed E-state index contributed by atoms with van der Waals surface area (Å²) in [5, 5.41) is 13.4. The van der Waals surface area contributed by atoms with Crippen molar-refractivity contribution in [2.45, 2.75) is 26.7 Å². The maximum atomic E-state index is 11.6. The minimum Gasteiger partial charge on any atom is -0.507 e. The Kier molecular flexibility index (Phi) is 4.02. The van der Waals surface area contributed by atoms with E-state index in [1.54, 1.807) is 6.92 Å². The Labute approximate surface area is 116 Å². The van der Waals surface area contributed by atoms with Crippen molar-refractivity contribution < 1.29 is 24.3 Å². The Balaban J connectivity index is 2.17. The standard InChI is InChI=1S/C14H15NO5/c1-8(15-20-9(2)16)12-7-11(5-6-13(12)17)19-14(18)10-3-4-10/h5-7,10,17H,3-4H2,1-2H3. The molecule has 1 saturated carbocycles. The molecule has 0 aliphatic heterocycles. The molecule has 0 atom stereocenters. The minimum atomic E-state index is -0.555. The average Bonchev–Trinajstić information content (AvgIpc) is 3.22. The maximum Gasteiger partial charge on any atom is 0.331 e. The summed E-state index contributed by atoms with van der Waals surface area (Å²) in [5.74, 6) is -0.545. The van der Waals surface area contributed by atoms with Crippen molar-refractivity contribution in [3.8, 4) is 11.5 Å². The molecule has 20 heavy (non-hydrogen) atoms. The number of phenolic OH excluding ortho intramolecular Hbond substituents is 1. The van der Waals surface area contributed by atoms with E-state index in [-0.39, 0.29) is 17.6 Å². The topological polar surface area (TPSA) is 85.2 Å². The molecule has 0 heterocycles. The molecular formula is C14H15NO5. The molecule has 1 aromatic carbocycles. The molecule has 0 saturated heterocycles. The van der Waals surface area contributed by atoms with Crippen molar-refractivity contribution in [1.29, 1.82) is 0 Å². The maximum absolute atomic E-state index is 11.6. The Bertz CT molecular complexity index is 575. The zero-order chi connectivity index (χ0) is 14.7. The zero-order valence-electron chi connectivity index (χ0n) is 11.3. The molecule has 6 nitrogen and oxygen atoms in total. The molecule has 1 N–H and O–H groups in total. The first-order valence-electron chi connectivity index (χ1n) is 6.24. The molecule has 1 aliphatic rings. The van der Waals surface area contributed by atoms with Crippen LogP contribution in [0.2, 0.25) is 0 Å². The van der Waals surface area contributed by atoms with Crippen molar-refractivity contribution in [3.05, 3.63) is 23.8 Å². The van der Waals surface area contributed by atoms with E-state index in [0.29, 0.717) is 17.0 Å². The highest BCUT2D eigenvalue weighted by molar-refractivity contribution is 6.01. The molecule has 1 aliphatic carbocycles. The number of benzene rings is 1. The second kappa shape index (κ2) is 5.73. The average molecular weight is 277 g/mol. The van der Waals surface area contributed by atoms with Crippen LogP contribution in [0.25, 0.3) is 0 Å². The van der Waals surface area contributed by atoms with Crippen molar-refractivity contribution in [2.24, 2.45) is 11.1 Å². The third-order valence-electron chi connectivity index (χ3n) is 2.80. The van der Waals surface area contributed by atoms with Gasteiger partial charge in [-0.3, -0.25) is 4.79 Å². The number of carbonyl (C=O) groups excluding carboxylic acids is 2. The fourth-order valence-corrected chi connectivity index (χ4v) is 1.57. The Morgan fingerprint density at radius 1 is 1.30 bits per heavy atom. The summed E-state index contributed by atoms with van der Waals surface area (Å²) in [6.45, 7) is 2.80. The van der Waals surface area contributed by atoms with E-state index < -0.39 is 5.97 Å². The second-order valence-corrected chi connectivity index (χ2v) is 4.63. The van der Waals surface area contributed by atoms with Crippen LogP contribution in [0.3, 0.4) is 0 Å². The highest BCUT2D eigenvalue weighted by atomic mass is 16.7. The lowest BCUT2D eigenvalue weighted by Crippen LogP contribution is -2.10. The van der Waals surface area contributed by atoms with Gasteiger partial charge in [0.15, 0.2) is 0 Å². The highest BCUT2D eigenvalue weighted by Gasteiger charge is 2.31. The predicted octanol–water partition coefficient (Wildman–Crippen LogP) is 1.99. The third-order valence-corrected chi connectivity index (χ3v) is 2.80. The second-order valence-electron chi connectivity index (χ2n) is 4.63. The SMILES string of the molecule is CC(=O)ON=C(C)c1cc(OC(=O)C2CC2)ccc1O. The molecular weight excluding hydrogens is 262 g/mol. The summed E-state index contributed by atoms with van der Waals surface area (Å²) >= 11 is 0. The summed E-state index contributed by atoms with van der Waals surface area (Å²) in [7, 11) is 0. The molecule has 0 amide bonds. The zero-order valence-corrected chi connectivity index (χ0v) is 11.3. The number of phenols is 1. The summed E-state index contributed by atoms with van der Waals surface area (Å²) in [6, 6.07) is 4.38. The van der Waals surface area contributed by atoms with Crippen LogP contribution in [0, 0.1) is 5.92 Å². The first-order valence-corrected chi connectivity index (χ1v) is 6.24. The smallest absolute Gasteiger partial charge is 0.331 e. The molecule has 0 spiro atoms. The molecule has 0 radical (unpaired) electrons. The Morgan fingerprint density at radius 3 is 2.60 bits per heavy atom. The number of ether oxygens (including phenoxy) is 1. The van der Waals surface area contributed by atoms with Gasteiger partial charge in [-0.1, -0.05) is 5.16 Å². The lowest BCUT2D eigenvalue weighted by Gasteiger charge is -2.07. The van der Waals surface area contributed by atoms with Gasteiger partial charge in [0.05, 0.1) is 11.6 Å². The van der Waals surface area contributed by atoms with Gasteiger partial charge in [0.25, 0.3) is 0 Å². The monoisotopic (exact) mass is 277 g/mol. The van der Waals surface area contributed by atoms with Gasteiger partial charge in [-0.05, 0) is 38.0 Å².